The lowest BCUT2D eigenvalue weighted by Gasteiger charge is -2.71. The van der Waals surface area contributed by atoms with E-state index in [1.807, 2.05) is 0 Å². The van der Waals surface area contributed by atoms with E-state index in [9.17, 15) is 9.59 Å². The van der Waals surface area contributed by atoms with Gasteiger partial charge in [0.1, 0.15) is 11.2 Å². The summed E-state index contributed by atoms with van der Waals surface area (Å²) >= 11 is 0. The second-order valence-electron chi connectivity index (χ2n) is 15.8. The van der Waals surface area contributed by atoms with Crippen LogP contribution in [-0.4, -0.2) is 18.5 Å². The molecular weight excluding hydrogens is 582 g/mol. The van der Waals surface area contributed by atoms with E-state index in [1.54, 1.807) is 0 Å². The van der Waals surface area contributed by atoms with Gasteiger partial charge in [0, 0.05) is 17.4 Å². The number of ether oxygens (including phenoxy) is 2. The number of rotatable bonds is 9. The molecule has 1 aromatic carbocycles. The SMILES string of the molecule is CCC[C@@H]1[C@@]23C(=O)OC(=CCCCC4CCCCC4)[C@@]2(CCC2=C3C=C[C@H]3[C@@H]2C=CC[C@@H]3C)[C@@]12OC(=O)c1c(CCCN)cccc12. The number of unbranched alkanes of at least 4 members (excludes halogenated alkanes) is 1. The molecule has 47 heavy (non-hydrogen) atoms. The molecule has 7 atom stereocenters. The summed E-state index contributed by atoms with van der Waals surface area (Å²) in [5.74, 6) is 2.41. The molecule has 0 radical (unpaired) electrons. The molecule has 0 amide bonds. The number of allylic oxidation sites excluding steroid dienone is 6. The summed E-state index contributed by atoms with van der Waals surface area (Å²) in [6.07, 6.45) is 27.7. The van der Waals surface area contributed by atoms with E-state index in [0.29, 0.717) is 29.9 Å². The van der Waals surface area contributed by atoms with E-state index in [2.05, 4.69) is 62.4 Å². The highest BCUT2D eigenvalue weighted by atomic mass is 16.6. The number of esters is 2. The van der Waals surface area contributed by atoms with Crippen molar-refractivity contribution in [2.45, 2.75) is 116 Å². The van der Waals surface area contributed by atoms with Crippen LogP contribution in [0.5, 0.6) is 0 Å². The highest BCUT2D eigenvalue weighted by Gasteiger charge is 2.92. The van der Waals surface area contributed by atoms with Crippen LogP contribution in [0.25, 0.3) is 0 Å². The minimum atomic E-state index is -0.922. The van der Waals surface area contributed by atoms with E-state index in [4.69, 9.17) is 15.2 Å². The van der Waals surface area contributed by atoms with Crippen LogP contribution in [-0.2, 0) is 26.3 Å². The monoisotopic (exact) mass is 635 g/mol. The minimum absolute atomic E-state index is 0.118. The Kier molecular flexibility index (Phi) is 7.94. The van der Waals surface area contributed by atoms with Gasteiger partial charge in [-0.15, -0.1) is 0 Å². The smallest absolute Gasteiger partial charge is 0.339 e. The van der Waals surface area contributed by atoms with Crippen LogP contribution < -0.4 is 5.73 Å². The molecule has 0 bridgehead atoms. The lowest BCUT2D eigenvalue weighted by molar-refractivity contribution is -0.275. The number of carbonyl (C=O) groups excluding carboxylic acids is 2. The molecule has 3 fully saturated rings. The van der Waals surface area contributed by atoms with Crippen molar-refractivity contribution in [2.75, 3.05) is 6.54 Å². The van der Waals surface area contributed by atoms with Gasteiger partial charge in [0.25, 0.3) is 0 Å². The Bertz CT molecular complexity index is 1580. The number of hydrogen-bond acceptors (Lipinski definition) is 5. The fourth-order valence-electron chi connectivity index (χ4n) is 11.9. The van der Waals surface area contributed by atoms with Crippen molar-refractivity contribution < 1.29 is 19.1 Å². The predicted octanol–water partition coefficient (Wildman–Crippen LogP) is 9.03. The molecule has 1 aromatic rings. The molecule has 1 saturated heterocycles. The van der Waals surface area contributed by atoms with Gasteiger partial charge >= 0.3 is 11.9 Å². The standard InChI is InChI=1S/C42H53NO4/c1-3-12-35-41-33-23-22-30-27(2)13-9-19-31(30)32(33)24-25-40(41,36(46-39(41)45)21-8-7-16-28-14-5-4-6-15-28)42(35)34-20-10-17-29(18-11-26-43)37(34)38(44)47-42/h9-10,17,19-23,27-28,30-31,35H,3-8,11-16,18,24-26,43H2,1-2H3/t27-,30+,31-,35+,40+,41-,42-/m0/s1. The zero-order chi connectivity index (χ0) is 32.4. The quantitative estimate of drug-likeness (QED) is 0.166. The maximum absolute atomic E-state index is 14.9. The molecule has 8 rings (SSSR count). The Morgan fingerprint density at radius 2 is 1.91 bits per heavy atom. The second-order valence-corrected chi connectivity index (χ2v) is 15.8. The van der Waals surface area contributed by atoms with Gasteiger partial charge < -0.3 is 15.2 Å². The predicted molar refractivity (Wildman–Crippen MR) is 184 cm³/mol. The van der Waals surface area contributed by atoms with Crippen LogP contribution >= 0.6 is 0 Å². The van der Waals surface area contributed by atoms with Gasteiger partial charge in [0.15, 0.2) is 5.60 Å². The number of aryl methyl sites for hydroxylation is 1. The molecule has 0 unspecified atom stereocenters. The Balaban J connectivity index is 1.28. The summed E-state index contributed by atoms with van der Waals surface area (Å²) in [4.78, 5) is 29.0. The van der Waals surface area contributed by atoms with Crippen LogP contribution in [0.1, 0.15) is 125 Å². The van der Waals surface area contributed by atoms with Gasteiger partial charge in [-0.2, -0.15) is 0 Å². The summed E-state index contributed by atoms with van der Waals surface area (Å²) in [5, 5.41) is 0. The Morgan fingerprint density at radius 1 is 1.06 bits per heavy atom. The van der Waals surface area contributed by atoms with E-state index in [1.165, 1.54) is 49.7 Å². The first-order valence-electron chi connectivity index (χ1n) is 19.0. The summed E-state index contributed by atoms with van der Waals surface area (Å²) < 4.78 is 13.5. The molecule has 2 saturated carbocycles. The van der Waals surface area contributed by atoms with Crippen LogP contribution in [0.15, 0.2) is 65.5 Å². The van der Waals surface area contributed by atoms with Crippen LogP contribution in [0.2, 0.25) is 0 Å². The fraction of sp³-hybridized carbons (Fsp3) is 0.619. The largest absolute Gasteiger partial charge is 0.449 e. The van der Waals surface area contributed by atoms with Crippen LogP contribution in [0, 0.1) is 40.4 Å². The Hall–Kier alpha value is -2.92. The topological polar surface area (TPSA) is 78.6 Å². The van der Waals surface area contributed by atoms with E-state index >= 15 is 0 Å². The lowest BCUT2D eigenvalue weighted by atomic mass is 9.29. The average molecular weight is 636 g/mol. The summed E-state index contributed by atoms with van der Waals surface area (Å²) in [7, 11) is 0. The van der Waals surface area contributed by atoms with Crippen molar-refractivity contribution >= 4 is 11.9 Å². The van der Waals surface area contributed by atoms with Gasteiger partial charge in [-0.25, -0.2) is 4.79 Å². The number of nitrogens with two attached hydrogens (primary N) is 1. The molecule has 0 aromatic heterocycles. The molecule has 2 aliphatic heterocycles. The third kappa shape index (κ3) is 4.10. The minimum Gasteiger partial charge on any atom is -0.449 e. The van der Waals surface area contributed by atoms with Crippen LogP contribution in [0.4, 0.5) is 0 Å². The first kappa shape index (κ1) is 31.4. The molecule has 2 heterocycles. The van der Waals surface area contributed by atoms with Crippen molar-refractivity contribution in [2.24, 2.45) is 46.2 Å². The molecular formula is C42H53NO4. The zero-order valence-corrected chi connectivity index (χ0v) is 28.5. The maximum Gasteiger partial charge on any atom is 0.339 e. The van der Waals surface area contributed by atoms with Crippen molar-refractivity contribution in [3.63, 3.8) is 0 Å². The lowest BCUT2D eigenvalue weighted by Crippen LogP contribution is -2.76. The highest BCUT2D eigenvalue weighted by Crippen LogP contribution is 2.86. The average Bonchev–Trinajstić information content (AvgIpc) is 3.54. The fourth-order valence-corrected chi connectivity index (χ4v) is 11.9. The highest BCUT2D eigenvalue weighted by molar-refractivity contribution is 6.00. The number of benzene rings is 1. The molecule has 1 spiro atoms. The normalized spacial score (nSPS) is 37.6. The third-order valence-corrected chi connectivity index (χ3v) is 13.7. The number of carbonyl (C=O) groups is 2. The van der Waals surface area contributed by atoms with E-state index in [0.717, 1.165) is 80.6 Å². The van der Waals surface area contributed by atoms with Gasteiger partial charge in [0.2, 0.25) is 0 Å². The van der Waals surface area contributed by atoms with Crippen molar-refractivity contribution in [1.82, 2.24) is 0 Å². The first-order valence-corrected chi connectivity index (χ1v) is 19.0. The second kappa shape index (κ2) is 11.9. The third-order valence-electron chi connectivity index (χ3n) is 13.7. The molecule has 5 heteroatoms. The van der Waals surface area contributed by atoms with Gasteiger partial charge in [-0.05, 0) is 92.9 Å². The van der Waals surface area contributed by atoms with Crippen LogP contribution in [0.3, 0.4) is 0 Å². The molecule has 2 N–H and O–H groups in total. The number of fused-ring (bicyclic) bond motifs is 4. The summed E-state index contributed by atoms with van der Waals surface area (Å²) in [5.41, 5.74) is 8.71. The number of hydrogen-bond donors (Lipinski definition) is 1. The van der Waals surface area contributed by atoms with E-state index < -0.39 is 16.4 Å². The van der Waals surface area contributed by atoms with Crippen molar-refractivity contribution in [3.8, 4) is 0 Å². The summed E-state index contributed by atoms with van der Waals surface area (Å²) in [6, 6.07) is 6.28. The summed E-state index contributed by atoms with van der Waals surface area (Å²) in [6.45, 7) is 5.12. The first-order chi connectivity index (χ1) is 23.0. The van der Waals surface area contributed by atoms with Gasteiger partial charge in [0.05, 0.1) is 11.0 Å². The zero-order valence-electron chi connectivity index (χ0n) is 28.5. The van der Waals surface area contributed by atoms with Crippen molar-refractivity contribution in [1.29, 1.82) is 0 Å². The molecule has 5 aliphatic carbocycles. The Morgan fingerprint density at radius 3 is 2.72 bits per heavy atom. The maximum atomic E-state index is 14.9. The van der Waals surface area contributed by atoms with E-state index in [-0.39, 0.29) is 17.9 Å². The molecule has 250 valence electrons. The van der Waals surface area contributed by atoms with Gasteiger partial charge in [-0.1, -0.05) is 107 Å². The number of cyclic esters (lactones) is 1. The Labute approximate surface area is 281 Å². The molecule has 5 nitrogen and oxygen atoms in total. The van der Waals surface area contributed by atoms with Crippen molar-refractivity contribution in [3.05, 3.63) is 82.2 Å². The molecule has 7 aliphatic rings. The van der Waals surface area contributed by atoms with Gasteiger partial charge in [-0.3, -0.25) is 4.79 Å².